The molecule has 1 aromatic carbocycles. The summed E-state index contributed by atoms with van der Waals surface area (Å²) in [5.74, 6) is 0.210. The third-order valence-electron chi connectivity index (χ3n) is 2.24. The number of aromatic hydroxyl groups is 1. The van der Waals surface area contributed by atoms with Gasteiger partial charge in [0.15, 0.2) is 0 Å². The number of rotatable bonds is 4. The Bertz CT molecular complexity index is 379. The molecule has 0 aliphatic rings. The molecule has 1 rings (SSSR count). The number of amides is 1. The number of carbonyl (C=O) groups excluding carboxylic acids is 1. The van der Waals surface area contributed by atoms with Crippen molar-refractivity contribution in [2.24, 2.45) is 5.73 Å². The fourth-order valence-corrected chi connectivity index (χ4v) is 1.15. The van der Waals surface area contributed by atoms with Crippen LogP contribution in [0.1, 0.15) is 13.3 Å². The van der Waals surface area contributed by atoms with Crippen LogP contribution in [0, 0.1) is 0 Å². The average molecular weight is 224 g/mol. The van der Waals surface area contributed by atoms with Crippen LogP contribution in [0.5, 0.6) is 11.5 Å². The van der Waals surface area contributed by atoms with Crippen LogP contribution >= 0.6 is 0 Å². The van der Waals surface area contributed by atoms with Gasteiger partial charge in [0, 0.05) is 6.07 Å². The number of phenols is 1. The van der Waals surface area contributed by atoms with Gasteiger partial charge in [0.2, 0.25) is 5.91 Å². The molecule has 1 aromatic rings. The first-order chi connectivity index (χ1) is 7.58. The van der Waals surface area contributed by atoms with Crippen molar-refractivity contribution in [3.8, 4) is 11.5 Å². The smallest absolute Gasteiger partial charge is 0.241 e. The molecule has 0 fully saturated rings. The van der Waals surface area contributed by atoms with Gasteiger partial charge < -0.3 is 20.9 Å². The predicted octanol–water partition coefficient (Wildman–Crippen LogP) is 1.08. The molecule has 0 spiro atoms. The van der Waals surface area contributed by atoms with Crippen molar-refractivity contribution >= 4 is 11.6 Å². The minimum absolute atomic E-state index is 0.0162. The Hall–Kier alpha value is -1.75. The van der Waals surface area contributed by atoms with Crippen LogP contribution in [0.2, 0.25) is 0 Å². The number of hydrogen-bond donors (Lipinski definition) is 3. The molecule has 0 saturated carbocycles. The normalized spacial score (nSPS) is 11.9. The van der Waals surface area contributed by atoms with Gasteiger partial charge in [-0.2, -0.15) is 0 Å². The average Bonchev–Trinajstić information content (AvgIpc) is 2.30. The molecular weight excluding hydrogens is 208 g/mol. The number of hydrogen-bond acceptors (Lipinski definition) is 4. The fraction of sp³-hybridized carbons (Fsp3) is 0.364. The largest absolute Gasteiger partial charge is 0.506 e. The molecule has 4 N–H and O–H groups in total. The van der Waals surface area contributed by atoms with Crippen LogP contribution in [-0.4, -0.2) is 24.2 Å². The Kier molecular flexibility index (Phi) is 4.13. The van der Waals surface area contributed by atoms with Gasteiger partial charge in [-0.15, -0.1) is 0 Å². The van der Waals surface area contributed by atoms with Crippen LogP contribution in [0.3, 0.4) is 0 Å². The lowest BCUT2D eigenvalue weighted by Gasteiger charge is -2.12. The molecule has 0 aliphatic carbocycles. The van der Waals surface area contributed by atoms with Crippen molar-refractivity contribution in [2.45, 2.75) is 19.4 Å². The van der Waals surface area contributed by atoms with Gasteiger partial charge in [0.25, 0.3) is 0 Å². The topological polar surface area (TPSA) is 84.6 Å². The van der Waals surface area contributed by atoms with Gasteiger partial charge in [-0.3, -0.25) is 4.79 Å². The maximum Gasteiger partial charge on any atom is 0.241 e. The summed E-state index contributed by atoms with van der Waals surface area (Å²) in [7, 11) is 1.51. The molecule has 0 radical (unpaired) electrons. The van der Waals surface area contributed by atoms with Crippen LogP contribution in [0.4, 0.5) is 5.69 Å². The minimum Gasteiger partial charge on any atom is -0.506 e. The van der Waals surface area contributed by atoms with E-state index in [0.29, 0.717) is 17.9 Å². The highest BCUT2D eigenvalue weighted by molar-refractivity contribution is 5.96. The first-order valence-corrected chi connectivity index (χ1v) is 5.02. The van der Waals surface area contributed by atoms with Crippen LogP contribution in [0.15, 0.2) is 18.2 Å². The Labute approximate surface area is 94.2 Å². The molecule has 88 valence electrons. The van der Waals surface area contributed by atoms with E-state index in [1.165, 1.54) is 19.2 Å². The number of ether oxygens (including phenoxy) is 1. The van der Waals surface area contributed by atoms with Crippen molar-refractivity contribution in [1.82, 2.24) is 0 Å². The number of methoxy groups -OCH3 is 1. The number of benzene rings is 1. The summed E-state index contributed by atoms with van der Waals surface area (Å²) in [6.45, 7) is 1.82. The Balaban J connectivity index is 2.83. The third-order valence-corrected chi connectivity index (χ3v) is 2.24. The summed E-state index contributed by atoms with van der Waals surface area (Å²) >= 11 is 0. The summed E-state index contributed by atoms with van der Waals surface area (Å²) in [5, 5.41) is 12.1. The van der Waals surface area contributed by atoms with E-state index in [4.69, 9.17) is 10.5 Å². The van der Waals surface area contributed by atoms with Gasteiger partial charge in [0.1, 0.15) is 11.5 Å². The lowest BCUT2D eigenvalue weighted by Crippen LogP contribution is -2.34. The molecule has 16 heavy (non-hydrogen) atoms. The Morgan fingerprint density at radius 3 is 2.88 bits per heavy atom. The van der Waals surface area contributed by atoms with E-state index in [9.17, 15) is 9.90 Å². The maximum absolute atomic E-state index is 11.5. The molecule has 1 amide bonds. The standard InChI is InChI=1S/C11H16N2O3/c1-3-8(12)11(15)13-9-6-7(16-2)4-5-10(9)14/h4-6,8,14H,3,12H2,1-2H3,(H,13,15)/t8-/m1/s1. The molecular formula is C11H16N2O3. The number of nitrogens with two attached hydrogens (primary N) is 1. The molecule has 1 atom stereocenters. The van der Waals surface area contributed by atoms with Gasteiger partial charge in [-0.1, -0.05) is 6.92 Å². The maximum atomic E-state index is 11.5. The van der Waals surface area contributed by atoms with E-state index in [1.807, 2.05) is 6.92 Å². The van der Waals surface area contributed by atoms with Crippen LogP contribution in [-0.2, 0) is 4.79 Å². The lowest BCUT2D eigenvalue weighted by molar-refractivity contribution is -0.117. The predicted molar refractivity (Wildman–Crippen MR) is 61.6 cm³/mol. The van der Waals surface area contributed by atoms with Gasteiger partial charge in [0.05, 0.1) is 18.8 Å². The highest BCUT2D eigenvalue weighted by Crippen LogP contribution is 2.27. The summed E-state index contributed by atoms with van der Waals surface area (Å²) in [6, 6.07) is 4.01. The van der Waals surface area contributed by atoms with E-state index in [0.717, 1.165) is 0 Å². The molecule has 0 aromatic heterocycles. The highest BCUT2D eigenvalue weighted by Gasteiger charge is 2.13. The molecule has 0 unspecified atom stereocenters. The lowest BCUT2D eigenvalue weighted by atomic mass is 10.2. The molecule has 0 bridgehead atoms. The zero-order chi connectivity index (χ0) is 12.1. The quantitative estimate of drug-likeness (QED) is 0.668. The summed E-state index contributed by atoms with van der Waals surface area (Å²) in [4.78, 5) is 11.5. The van der Waals surface area contributed by atoms with E-state index in [1.54, 1.807) is 6.07 Å². The minimum atomic E-state index is -0.578. The van der Waals surface area contributed by atoms with Gasteiger partial charge in [-0.05, 0) is 18.6 Å². The zero-order valence-electron chi connectivity index (χ0n) is 9.36. The van der Waals surface area contributed by atoms with Gasteiger partial charge >= 0.3 is 0 Å². The molecule has 0 heterocycles. The van der Waals surface area contributed by atoms with Crippen molar-refractivity contribution in [3.05, 3.63) is 18.2 Å². The van der Waals surface area contributed by atoms with Crippen molar-refractivity contribution in [2.75, 3.05) is 12.4 Å². The first-order valence-electron chi connectivity index (χ1n) is 5.02. The first kappa shape index (κ1) is 12.3. The van der Waals surface area contributed by atoms with Crippen LogP contribution < -0.4 is 15.8 Å². The van der Waals surface area contributed by atoms with Crippen LogP contribution in [0.25, 0.3) is 0 Å². The molecule has 5 nitrogen and oxygen atoms in total. The van der Waals surface area contributed by atoms with Crippen molar-refractivity contribution < 1.29 is 14.6 Å². The number of anilines is 1. The second kappa shape index (κ2) is 5.37. The number of carbonyl (C=O) groups is 1. The molecule has 0 aliphatic heterocycles. The van der Waals surface area contributed by atoms with E-state index < -0.39 is 6.04 Å². The van der Waals surface area contributed by atoms with E-state index in [2.05, 4.69) is 5.32 Å². The molecule has 0 saturated heterocycles. The van der Waals surface area contributed by atoms with Crippen molar-refractivity contribution in [3.63, 3.8) is 0 Å². The van der Waals surface area contributed by atoms with E-state index in [-0.39, 0.29) is 11.7 Å². The zero-order valence-corrected chi connectivity index (χ0v) is 9.36. The summed E-state index contributed by atoms with van der Waals surface area (Å²) in [5.41, 5.74) is 5.86. The van der Waals surface area contributed by atoms with Crippen molar-refractivity contribution in [1.29, 1.82) is 0 Å². The Morgan fingerprint density at radius 2 is 2.31 bits per heavy atom. The monoisotopic (exact) mass is 224 g/mol. The summed E-state index contributed by atoms with van der Waals surface area (Å²) in [6.07, 6.45) is 0.538. The SMILES string of the molecule is CC[C@@H](N)C(=O)Nc1cc(OC)ccc1O. The third kappa shape index (κ3) is 2.87. The highest BCUT2D eigenvalue weighted by atomic mass is 16.5. The van der Waals surface area contributed by atoms with E-state index >= 15 is 0 Å². The summed E-state index contributed by atoms with van der Waals surface area (Å²) < 4.78 is 4.98. The molecule has 5 heteroatoms. The number of nitrogens with one attached hydrogen (secondary N) is 1. The Morgan fingerprint density at radius 1 is 1.62 bits per heavy atom. The second-order valence-corrected chi connectivity index (χ2v) is 3.39. The van der Waals surface area contributed by atoms with Gasteiger partial charge in [-0.25, -0.2) is 0 Å². The fourth-order valence-electron chi connectivity index (χ4n) is 1.15. The second-order valence-electron chi connectivity index (χ2n) is 3.39. The number of phenolic OH excluding ortho intramolecular Hbond substituents is 1.